The maximum atomic E-state index is 12.1. The number of aromatic nitrogens is 1. The Kier molecular flexibility index (Phi) is 6.26. The third-order valence-electron chi connectivity index (χ3n) is 3.77. The second-order valence-electron chi connectivity index (χ2n) is 5.24. The first-order valence-electron chi connectivity index (χ1n) is 7.34. The van der Waals surface area contributed by atoms with Gasteiger partial charge in [0, 0.05) is 51.2 Å². The van der Waals surface area contributed by atoms with E-state index in [1.54, 1.807) is 13.3 Å². The van der Waals surface area contributed by atoms with Gasteiger partial charge in [-0.25, -0.2) is 4.98 Å². The van der Waals surface area contributed by atoms with Crippen molar-refractivity contribution in [2.45, 2.75) is 19.3 Å². The first-order valence-corrected chi connectivity index (χ1v) is 7.71. The summed E-state index contributed by atoms with van der Waals surface area (Å²) in [4.78, 5) is 18.3. The van der Waals surface area contributed by atoms with Crippen molar-refractivity contribution in [1.82, 2.24) is 10.3 Å². The molecule has 1 fully saturated rings. The summed E-state index contributed by atoms with van der Waals surface area (Å²) in [5, 5.41) is 3.49. The van der Waals surface area contributed by atoms with Gasteiger partial charge in [0.05, 0.1) is 0 Å². The van der Waals surface area contributed by atoms with Crippen molar-refractivity contribution in [3.05, 3.63) is 23.5 Å². The molecule has 0 spiro atoms. The fraction of sp³-hybridized carbons (Fsp3) is 0.600. The summed E-state index contributed by atoms with van der Waals surface area (Å²) < 4.78 is 4.97. The van der Waals surface area contributed by atoms with Crippen LogP contribution in [0.1, 0.15) is 19.3 Å². The maximum absolute atomic E-state index is 12.1. The fourth-order valence-corrected chi connectivity index (χ4v) is 2.73. The number of nitrogens with zero attached hydrogens (tertiary/aromatic N) is 2. The van der Waals surface area contributed by atoms with Crippen LogP contribution in [-0.4, -0.2) is 44.2 Å². The number of rotatable bonds is 6. The first-order chi connectivity index (χ1) is 10.2. The molecule has 21 heavy (non-hydrogen) atoms. The second-order valence-corrected chi connectivity index (χ2v) is 5.62. The topological polar surface area (TPSA) is 54.5 Å². The lowest BCUT2D eigenvalue weighted by Gasteiger charge is -2.33. The molecule has 0 aromatic carbocycles. The van der Waals surface area contributed by atoms with Gasteiger partial charge in [0.25, 0.3) is 0 Å². The highest BCUT2D eigenvalue weighted by Crippen LogP contribution is 2.24. The van der Waals surface area contributed by atoms with Gasteiger partial charge in [-0.1, -0.05) is 11.6 Å². The van der Waals surface area contributed by atoms with E-state index in [0.717, 1.165) is 38.0 Å². The Morgan fingerprint density at radius 1 is 1.52 bits per heavy atom. The predicted octanol–water partition coefficient (Wildman–Crippen LogP) is 2.10. The third kappa shape index (κ3) is 4.86. The molecule has 0 radical (unpaired) electrons. The average Bonchev–Trinajstić information content (AvgIpc) is 2.51. The summed E-state index contributed by atoms with van der Waals surface area (Å²) in [7, 11) is 1.67. The molecular weight excluding hydrogens is 290 g/mol. The minimum absolute atomic E-state index is 0.112. The van der Waals surface area contributed by atoms with Crippen LogP contribution in [0.15, 0.2) is 18.3 Å². The van der Waals surface area contributed by atoms with Crippen LogP contribution in [0.2, 0.25) is 5.15 Å². The molecule has 1 N–H and O–H groups in total. The molecule has 1 saturated heterocycles. The maximum Gasteiger partial charge on any atom is 0.223 e. The zero-order chi connectivity index (χ0) is 15.1. The average molecular weight is 312 g/mol. The van der Waals surface area contributed by atoms with Crippen molar-refractivity contribution >= 4 is 23.2 Å². The molecule has 1 aliphatic rings. The van der Waals surface area contributed by atoms with Crippen LogP contribution in [0.5, 0.6) is 0 Å². The summed E-state index contributed by atoms with van der Waals surface area (Å²) in [5.74, 6) is 0.277. The fourth-order valence-electron chi connectivity index (χ4n) is 2.56. The Morgan fingerprint density at radius 3 is 2.95 bits per heavy atom. The molecule has 1 aromatic rings. The van der Waals surface area contributed by atoms with E-state index in [4.69, 9.17) is 16.3 Å². The molecule has 6 heteroatoms. The van der Waals surface area contributed by atoms with Crippen molar-refractivity contribution in [3.8, 4) is 0 Å². The number of anilines is 1. The number of amides is 1. The Labute approximate surface area is 130 Å². The summed E-state index contributed by atoms with van der Waals surface area (Å²) in [6.07, 6.45) is 4.31. The number of hydrogen-bond donors (Lipinski definition) is 1. The molecule has 0 aliphatic carbocycles. The van der Waals surface area contributed by atoms with E-state index >= 15 is 0 Å². The number of ether oxygens (including phenoxy) is 1. The molecule has 116 valence electrons. The van der Waals surface area contributed by atoms with Crippen LogP contribution in [0, 0.1) is 5.92 Å². The van der Waals surface area contributed by atoms with Crippen LogP contribution in [0.25, 0.3) is 0 Å². The number of piperidine rings is 1. The molecule has 0 bridgehead atoms. The van der Waals surface area contributed by atoms with Gasteiger partial charge in [0.2, 0.25) is 5.91 Å². The van der Waals surface area contributed by atoms with Gasteiger partial charge in [-0.15, -0.1) is 0 Å². The number of pyridine rings is 1. The zero-order valence-corrected chi connectivity index (χ0v) is 13.1. The molecule has 5 nitrogen and oxygen atoms in total. The Balaban J connectivity index is 1.76. The standard InChI is InChI=1S/C15H22ClN3O2/c1-21-10-2-6-18-15(20)12-4-8-19(9-5-12)13-3-7-17-14(16)11-13/h3,7,11-12H,2,4-6,8-10H2,1H3,(H,18,20). The lowest BCUT2D eigenvalue weighted by atomic mass is 9.95. The molecule has 2 heterocycles. The summed E-state index contributed by atoms with van der Waals surface area (Å²) in [5.41, 5.74) is 1.08. The van der Waals surface area contributed by atoms with Crippen LogP contribution >= 0.6 is 11.6 Å². The Hall–Kier alpha value is -1.33. The van der Waals surface area contributed by atoms with Crippen LogP contribution in [0.3, 0.4) is 0 Å². The van der Waals surface area contributed by atoms with Crippen molar-refractivity contribution < 1.29 is 9.53 Å². The normalized spacial score (nSPS) is 16.0. The summed E-state index contributed by atoms with van der Waals surface area (Å²) in [6.45, 7) is 3.11. The van der Waals surface area contributed by atoms with E-state index in [0.29, 0.717) is 18.3 Å². The number of carbonyl (C=O) groups excluding carboxylic acids is 1. The van der Waals surface area contributed by atoms with E-state index < -0.39 is 0 Å². The molecule has 1 amide bonds. The Bertz CT molecular complexity index is 462. The van der Waals surface area contributed by atoms with Gasteiger partial charge < -0.3 is 15.0 Å². The van der Waals surface area contributed by atoms with E-state index in [2.05, 4.69) is 15.2 Å². The lowest BCUT2D eigenvalue weighted by molar-refractivity contribution is -0.125. The second kappa shape index (κ2) is 8.20. The van der Waals surface area contributed by atoms with Crippen LogP contribution in [-0.2, 0) is 9.53 Å². The number of halogens is 1. The molecule has 1 aromatic heterocycles. The number of carbonyl (C=O) groups is 1. The summed E-state index contributed by atoms with van der Waals surface area (Å²) >= 11 is 5.91. The SMILES string of the molecule is COCCCNC(=O)C1CCN(c2ccnc(Cl)c2)CC1. The van der Waals surface area contributed by atoms with Crippen molar-refractivity contribution in [3.63, 3.8) is 0 Å². The van der Waals surface area contributed by atoms with E-state index in [1.807, 2.05) is 12.1 Å². The van der Waals surface area contributed by atoms with Gasteiger partial charge in [-0.2, -0.15) is 0 Å². The summed E-state index contributed by atoms with van der Waals surface area (Å²) in [6, 6.07) is 3.82. The lowest BCUT2D eigenvalue weighted by Crippen LogP contribution is -2.41. The highest BCUT2D eigenvalue weighted by molar-refractivity contribution is 6.29. The monoisotopic (exact) mass is 311 g/mol. The highest BCUT2D eigenvalue weighted by atomic mass is 35.5. The van der Waals surface area contributed by atoms with Gasteiger partial charge >= 0.3 is 0 Å². The molecule has 2 rings (SSSR count). The number of nitrogens with one attached hydrogen (secondary N) is 1. The van der Waals surface area contributed by atoms with Gasteiger partial charge in [-0.3, -0.25) is 4.79 Å². The number of methoxy groups -OCH3 is 1. The molecule has 1 aliphatic heterocycles. The zero-order valence-electron chi connectivity index (χ0n) is 12.3. The molecular formula is C15H22ClN3O2. The first kappa shape index (κ1) is 16.0. The number of hydrogen-bond acceptors (Lipinski definition) is 4. The van der Waals surface area contributed by atoms with Crippen molar-refractivity contribution in [1.29, 1.82) is 0 Å². The van der Waals surface area contributed by atoms with Crippen molar-refractivity contribution in [2.24, 2.45) is 5.92 Å². The molecule has 0 atom stereocenters. The van der Waals surface area contributed by atoms with Gasteiger partial charge in [0.15, 0.2) is 0 Å². The molecule has 0 unspecified atom stereocenters. The highest BCUT2D eigenvalue weighted by Gasteiger charge is 2.24. The smallest absolute Gasteiger partial charge is 0.223 e. The van der Waals surface area contributed by atoms with E-state index in [-0.39, 0.29) is 11.8 Å². The van der Waals surface area contributed by atoms with Crippen LogP contribution < -0.4 is 10.2 Å². The van der Waals surface area contributed by atoms with Crippen molar-refractivity contribution in [2.75, 3.05) is 38.3 Å². The van der Waals surface area contributed by atoms with Gasteiger partial charge in [-0.05, 0) is 31.4 Å². The largest absolute Gasteiger partial charge is 0.385 e. The molecule has 0 saturated carbocycles. The minimum Gasteiger partial charge on any atom is -0.385 e. The van der Waals surface area contributed by atoms with E-state index in [9.17, 15) is 4.79 Å². The minimum atomic E-state index is 0.112. The predicted molar refractivity (Wildman–Crippen MR) is 83.7 cm³/mol. The van der Waals surface area contributed by atoms with E-state index in [1.165, 1.54) is 0 Å². The Morgan fingerprint density at radius 2 is 2.29 bits per heavy atom. The third-order valence-corrected chi connectivity index (χ3v) is 3.97. The van der Waals surface area contributed by atoms with Crippen LogP contribution in [0.4, 0.5) is 5.69 Å². The van der Waals surface area contributed by atoms with Gasteiger partial charge in [0.1, 0.15) is 5.15 Å². The quantitative estimate of drug-likeness (QED) is 0.646.